The van der Waals surface area contributed by atoms with Crippen molar-refractivity contribution in [3.8, 4) is 0 Å². The highest BCUT2D eigenvalue weighted by molar-refractivity contribution is 5.82. The minimum atomic E-state index is -0.974. The summed E-state index contributed by atoms with van der Waals surface area (Å²) in [6.07, 6.45) is 4.91. The Kier molecular flexibility index (Phi) is 4.80. The maximum Gasteiger partial charge on any atom is 0.323 e. The Morgan fingerprint density at radius 3 is 2.58 bits per heavy atom. The number of carboxylic acids is 1. The van der Waals surface area contributed by atoms with E-state index in [9.17, 15) is 14.4 Å². The third-order valence-corrected chi connectivity index (χ3v) is 6.10. The van der Waals surface area contributed by atoms with Crippen LogP contribution < -0.4 is 0 Å². The van der Waals surface area contributed by atoms with Gasteiger partial charge in [-0.05, 0) is 32.7 Å². The van der Waals surface area contributed by atoms with E-state index in [0.29, 0.717) is 25.9 Å². The van der Waals surface area contributed by atoms with E-state index in [1.54, 1.807) is 0 Å². The number of nitrogens with zero attached hydrogens (tertiary/aromatic N) is 3. The summed E-state index contributed by atoms with van der Waals surface area (Å²) in [5.74, 6) is -0.601. The first-order valence-electron chi connectivity index (χ1n) is 8.91. The van der Waals surface area contributed by atoms with Crippen LogP contribution in [0.2, 0.25) is 0 Å². The van der Waals surface area contributed by atoms with Gasteiger partial charge in [-0.2, -0.15) is 0 Å². The number of carbonyl (C=O) groups is 3. The quantitative estimate of drug-likeness (QED) is 0.806. The molecule has 1 spiro atoms. The second-order valence-corrected chi connectivity index (χ2v) is 7.49. The molecular weight excluding hydrogens is 310 g/mol. The Labute approximate surface area is 142 Å². The maximum atomic E-state index is 12.6. The Hall–Kier alpha value is -1.63. The summed E-state index contributed by atoms with van der Waals surface area (Å²) in [5.41, 5.74) is -0.208. The highest BCUT2D eigenvalue weighted by Gasteiger charge is 2.44. The van der Waals surface area contributed by atoms with Gasteiger partial charge in [-0.3, -0.25) is 19.3 Å². The van der Waals surface area contributed by atoms with Crippen LogP contribution in [-0.2, 0) is 14.4 Å². The van der Waals surface area contributed by atoms with Crippen LogP contribution in [0.3, 0.4) is 0 Å². The first-order chi connectivity index (χ1) is 11.4. The van der Waals surface area contributed by atoms with E-state index in [4.69, 9.17) is 5.11 Å². The summed E-state index contributed by atoms with van der Waals surface area (Å²) in [6, 6.07) is 0. The number of rotatable bonds is 3. The molecule has 2 saturated heterocycles. The van der Waals surface area contributed by atoms with Gasteiger partial charge in [0.2, 0.25) is 11.8 Å². The van der Waals surface area contributed by atoms with Crippen LogP contribution >= 0.6 is 0 Å². The predicted molar refractivity (Wildman–Crippen MR) is 87.3 cm³/mol. The molecule has 2 aliphatic heterocycles. The van der Waals surface area contributed by atoms with Crippen LogP contribution in [0.5, 0.6) is 0 Å². The maximum absolute atomic E-state index is 12.6. The number of amides is 2. The molecule has 0 aromatic rings. The molecule has 0 radical (unpaired) electrons. The van der Waals surface area contributed by atoms with Crippen LogP contribution in [0.4, 0.5) is 0 Å². The number of aliphatic carboxylic acids is 1. The average Bonchev–Trinajstić information content (AvgIpc) is 2.62. The van der Waals surface area contributed by atoms with Crippen molar-refractivity contribution >= 4 is 17.8 Å². The lowest BCUT2D eigenvalue weighted by Gasteiger charge is -2.50. The van der Waals surface area contributed by atoms with Gasteiger partial charge >= 0.3 is 5.97 Å². The SMILES string of the molecule is CN1CCN(C(=O)C2CCC2)C[C@@]12CCC(=O)N(CC(=O)O)CC2. The van der Waals surface area contributed by atoms with Gasteiger partial charge in [0.05, 0.1) is 0 Å². The second kappa shape index (κ2) is 6.70. The third kappa shape index (κ3) is 3.27. The molecule has 1 N–H and O–H groups in total. The Morgan fingerprint density at radius 2 is 1.96 bits per heavy atom. The van der Waals surface area contributed by atoms with Crippen molar-refractivity contribution in [1.82, 2.24) is 14.7 Å². The monoisotopic (exact) mass is 337 g/mol. The van der Waals surface area contributed by atoms with Crippen LogP contribution in [0.25, 0.3) is 0 Å². The van der Waals surface area contributed by atoms with Gasteiger partial charge < -0.3 is 14.9 Å². The van der Waals surface area contributed by atoms with E-state index in [1.807, 2.05) is 4.90 Å². The third-order valence-electron chi connectivity index (χ3n) is 6.10. The van der Waals surface area contributed by atoms with Crippen molar-refractivity contribution in [2.45, 2.75) is 44.1 Å². The summed E-state index contributed by atoms with van der Waals surface area (Å²) in [6.45, 7) is 2.43. The van der Waals surface area contributed by atoms with E-state index in [0.717, 1.165) is 38.8 Å². The molecule has 24 heavy (non-hydrogen) atoms. The lowest BCUT2D eigenvalue weighted by molar-refractivity contribution is -0.144. The molecule has 2 amide bonds. The highest BCUT2D eigenvalue weighted by atomic mass is 16.4. The van der Waals surface area contributed by atoms with Crippen molar-refractivity contribution < 1.29 is 19.5 Å². The number of piperazine rings is 1. The zero-order chi connectivity index (χ0) is 17.3. The van der Waals surface area contributed by atoms with Crippen molar-refractivity contribution in [2.24, 2.45) is 5.92 Å². The summed E-state index contributed by atoms with van der Waals surface area (Å²) < 4.78 is 0. The van der Waals surface area contributed by atoms with Gasteiger partial charge in [0, 0.05) is 44.1 Å². The van der Waals surface area contributed by atoms with Crippen molar-refractivity contribution in [3.05, 3.63) is 0 Å². The van der Waals surface area contributed by atoms with Gasteiger partial charge in [-0.25, -0.2) is 0 Å². The second-order valence-electron chi connectivity index (χ2n) is 7.49. The number of carbonyl (C=O) groups excluding carboxylic acids is 2. The number of hydrogen-bond donors (Lipinski definition) is 1. The molecule has 3 rings (SSSR count). The average molecular weight is 337 g/mol. The van der Waals surface area contributed by atoms with Gasteiger partial charge in [-0.1, -0.05) is 6.42 Å². The molecule has 2 heterocycles. The molecule has 7 heteroatoms. The normalized spacial score (nSPS) is 29.5. The fraction of sp³-hybridized carbons (Fsp3) is 0.824. The molecule has 0 bridgehead atoms. The van der Waals surface area contributed by atoms with Crippen LogP contribution in [0.15, 0.2) is 0 Å². The Bertz CT molecular complexity index is 534. The lowest BCUT2D eigenvalue weighted by Crippen LogP contribution is -2.63. The standard InChI is InChI=1S/C17H27N3O4/c1-18-9-10-20(16(24)13-3-2-4-13)12-17(18)6-5-14(21)19(8-7-17)11-15(22)23/h13H,2-12H2,1H3,(H,22,23)/t17-/m0/s1. The minimum absolute atomic E-state index is 0.0925. The van der Waals surface area contributed by atoms with E-state index < -0.39 is 5.97 Å². The highest BCUT2D eigenvalue weighted by Crippen LogP contribution is 2.35. The molecule has 3 fully saturated rings. The van der Waals surface area contributed by atoms with E-state index in [1.165, 1.54) is 4.90 Å². The molecule has 0 aromatic heterocycles. The van der Waals surface area contributed by atoms with Gasteiger partial charge in [0.1, 0.15) is 6.54 Å². The lowest BCUT2D eigenvalue weighted by atomic mass is 9.82. The fourth-order valence-electron chi connectivity index (χ4n) is 4.13. The zero-order valence-electron chi connectivity index (χ0n) is 14.4. The van der Waals surface area contributed by atoms with Gasteiger partial charge in [-0.15, -0.1) is 0 Å². The van der Waals surface area contributed by atoms with Crippen LogP contribution in [0, 0.1) is 5.92 Å². The molecular formula is C17H27N3O4. The van der Waals surface area contributed by atoms with E-state index in [-0.39, 0.29) is 29.8 Å². The van der Waals surface area contributed by atoms with Crippen molar-refractivity contribution in [1.29, 1.82) is 0 Å². The smallest absolute Gasteiger partial charge is 0.323 e. The number of hydrogen-bond acceptors (Lipinski definition) is 4. The van der Waals surface area contributed by atoms with Crippen LogP contribution in [0.1, 0.15) is 38.5 Å². The van der Waals surface area contributed by atoms with Crippen LogP contribution in [-0.4, -0.2) is 82.9 Å². The van der Waals surface area contributed by atoms with E-state index in [2.05, 4.69) is 11.9 Å². The minimum Gasteiger partial charge on any atom is -0.480 e. The molecule has 1 aliphatic carbocycles. The van der Waals surface area contributed by atoms with E-state index >= 15 is 0 Å². The summed E-state index contributed by atoms with van der Waals surface area (Å²) in [7, 11) is 2.06. The Balaban J connectivity index is 1.71. The number of carboxylic acid groups (broad SMARTS) is 1. The molecule has 1 saturated carbocycles. The van der Waals surface area contributed by atoms with Crippen molar-refractivity contribution in [2.75, 3.05) is 39.8 Å². The predicted octanol–water partition coefficient (Wildman–Crippen LogP) is 0.396. The van der Waals surface area contributed by atoms with Gasteiger partial charge in [0.25, 0.3) is 0 Å². The largest absolute Gasteiger partial charge is 0.480 e. The first-order valence-corrected chi connectivity index (χ1v) is 8.91. The molecule has 0 unspecified atom stereocenters. The summed E-state index contributed by atoms with van der Waals surface area (Å²) in [5, 5.41) is 8.98. The zero-order valence-corrected chi connectivity index (χ0v) is 14.4. The molecule has 0 aromatic carbocycles. The topological polar surface area (TPSA) is 81.2 Å². The molecule has 3 aliphatic rings. The summed E-state index contributed by atoms with van der Waals surface area (Å²) in [4.78, 5) is 41.5. The molecule has 7 nitrogen and oxygen atoms in total. The number of likely N-dealkylation sites (tertiary alicyclic amines) is 1. The van der Waals surface area contributed by atoms with Gasteiger partial charge in [0.15, 0.2) is 0 Å². The fourth-order valence-corrected chi connectivity index (χ4v) is 4.13. The molecule has 1 atom stereocenters. The number of likely N-dealkylation sites (N-methyl/N-ethyl adjacent to an activating group) is 1. The molecule has 134 valence electrons. The Morgan fingerprint density at radius 1 is 1.21 bits per heavy atom. The summed E-state index contributed by atoms with van der Waals surface area (Å²) >= 11 is 0. The van der Waals surface area contributed by atoms with Crippen molar-refractivity contribution in [3.63, 3.8) is 0 Å². The first kappa shape index (κ1) is 17.2.